The van der Waals surface area contributed by atoms with Gasteiger partial charge in [0.05, 0.1) is 11.3 Å². The fraction of sp³-hybridized carbons (Fsp3) is 0.308. The molecule has 15 heavy (non-hydrogen) atoms. The first kappa shape index (κ1) is 9.79. The molecule has 0 radical (unpaired) electrons. The van der Waals surface area contributed by atoms with Crippen LogP contribution in [0.15, 0.2) is 18.7 Å². The summed E-state index contributed by atoms with van der Waals surface area (Å²) in [5, 5.41) is 9.11. The Bertz CT molecular complexity index is 466. The van der Waals surface area contributed by atoms with Crippen LogP contribution in [0.3, 0.4) is 0 Å². The molecule has 0 bridgehead atoms. The van der Waals surface area contributed by atoms with Gasteiger partial charge in [-0.3, -0.25) is 0 Å². The van der Waals surface area contributed by atoms with Gasteiger partial charge in [-0.05, 0) is 36.0 Å². The van der Waals surface area contributed by atoms with Crippen LogP contribution in [0, 0.1) is 11.3 Å². The van der Waals surface area contributed by atoms with Crippen LogP contribution < -0.4 is 5.73 Å². The second-order valence-electron chi connectivity index (χ2n) is 4.15. The average molecular weight is 198 g/mol. The number of hydrogen-bond donors (Lipinski definition) is 1. The molecule has 1 aliphatic carbocycles. The predicted molar refractivity (Wildman–Crippen MR) is 62.3 cm³/mol. The maximum absolute atomic E-state index is 9.11. The van der Waals surface area contributed by atoms with Crippen LogP contribution in [-0.4, -0.2) is 0 Å². The lowest BCUT2D eigenvalue weighted by Crippen LogP contribution is -2.09. The van der Waals surface area contributed by atoms with E-state index in [9.17, 15) is 0 Å². The summed E-state index contributed by atoms with van der Waals surface area (Å²) in [6.45, 7) is 6.22. The molecule has 1 atom stereocenters. The van der Waals surface area contributed by atoms with Crippen LogP contribution in [0.4, 0.5) is 5.69 Å². The highest BCUT2D eigenvalue weighted by molar-refractivity contribution is 5.78. The maximum Gasteiger partial charge on any atom is 0.102 e. The highest BCUT2D eigenvalue weighted by atomic mass is 14.6. The number of nitrogen functional groups attached to an aromatic ring is 1. The van der Waals surface area contributed by atoms with Gasteiger partial charge in [0.1, 0.15) is 6.07 Å². The first-order chi connectivity index (χ1) is 7.15. The quantitative estimate of drug-likeness (QED) is 0.651. The Morgan fingerprint density at radius 2 is 2.27 bits per heavy atom. The summed E-state index contributed by atoms with van der Waals surface area (Å²) in [5.74, 6) is 0.498. The van der Waals surface area contributed by atoms with E-state index < -0.39 is 0 Å². The van der Waals surface area contributed by atoms with Crippen molar-refractivity contribution in [3.05, 3.63) is 35.4 Å². The normalized spacial score (nSPS) is 19.5. The Labute approximate surface area is 90.0 Å². The lowest BCUT2D eigenvalue weighted by atomic mass is 9.79. The summed E-state index contributed by atoms with van der Waals surface area (Å²) in [4.78, 5) is 0. The van der Waals surface area contributed by atoms with Gasteiger partial charge in [-0.1, -0.05) is 19.6 Å². The Kier molecular flexibility index (Phi) is 2.24. The van der Waals surface area contributed by atoms with Gasteiger partial charge in [0.15, 0.2) is 0 Å². The summed E-state index contributed by atoms with van der Waals surface area (Å²) >= 11 is 0. The van der Waals surface area contributed by atoms with E-state index in [0.29, 0.717) is 17.2 Å². The van der Waals surface area contributed by atoms with Crippen molar-refractivity contribution in [3.8, 4) is 6.07 Å². The average Bonchev–Trinajstić information content (AvgIpc) is 2.23. The van der Waals surface area contributed by atoms with Crippen LogP contribution in [0.25, 0.3) is 5.57 Å². The van der Waals surface area contributed by atoms with Crippen molar-refractivity contribution >= 4 is 11.3 Å². The molecule has 0 spiro atoms. The molecular formula is C13H14N2. The van der Waals surface area contributed by atoms with Gasteiger partial charge in [-0.2, -0.15) is 5.26 Å². The molecule has 0 aliphatic heterocycles. The number of allylic oxidation sites excluding steroid dienone is 1. The molecule has 2 heteroatoms. The van der Waals surface area contributed by atoms with E-state index in [4.69, 9.17) is 11.0 Å². The van der Waals surface area contributed by atoms with Crippen molar-refractivity contribution in [1.82, 2.24) is 0 Å². The van der Waals surface area contributed by atoms with Crippen molar-refractivity contribution < 1.29 is 0 Å². The van der Waals surface area contributed by atoms with Gasteiger partial charge >= 0.3 is 0 Å². The predicted octanol–water partition coefficient (Wildman–Crippen LogP) is 3.05. The van der Waals surface area contributed by atoms with E-state index in [2.05, 4.69) is 19.6 Å². The molecule has 1 aliphatic rings. The number of anilines is 1. The van der Waals surface area contributed by atoms with E-state index >= 15 is 0 Å². The SMILES string of the molecule is C=C1CCC(C)c2ccc(N)c(C#N)c21. The number of nitrogens with two attached hydrogens (primary N) is 1. The second-order valence-corrected chi connectivity index (χ2v) is 4.15. The minimum Gasteiger partial charge on any atom is -0.398 e. The van der Waals surface area contributed by atoms with Gasteiger partial charge in [0, 0.05) is 5.56 Å². The molecule has 2 rings (SSSR count). The largest absolute Gasteiger partial charge is 0.398 e. The highest BCUT2D eigenvalue weighted by Gasteiger charge is 2.22. The summed E-state index contributed by atoms with van der Waals surface area (Å²) in [6.07, 6.45) is 2.08. The molecule has 0 heterocycles. The molecule has 1 unspecified atom stereocenters. The van der Waals surface area contributed by atoms with Crippen LogP contribution in [0.2, 0.25) is 0 Å². The van der Waals surface area contributed by atoms with Crippen LogP contribution in [0.1, 0.15) is 42.4 Å². The molecule has 0 aromatic heterocycles. The van der Waals surface area contributed by atoms with Gasteiger partial charge in [-0.25, -0.2) is 0 Å². The summed E-state index contributed by atoms with van der Waals surface area (Å²) < 4.78 is 0. The Morgan fingerprint density at radius 3 is 2.93 bits per heavy atom. The van der Waals surface area contributed by atoms with Gasteiger partial charge < -0.3 is 5.73 Å². The number of hydrogen-bond acceptors (Lipinski definition) is 2. The topological polar surface area (TPSA) is 49.8 Å². The van der Waals surface area contributed by atoms with E-state index in [1.807, 2.05) is 12.1 Å². The Morgan fingerprint density at radius 1 is 1.53 bits per heavy atom. The highest BCUT2D eigenvalue weighted by Crippen LogP contribution is 2.40. The van der Waals surface area contributed by atoms with Crippen molar-refractivity contribution in [2.45, 2.75) is 25.7 Å². The Balaban J connectivity index is 2.74. The zero-order chi connectivity index (χ0) is 11.0. The Hall–Kier alpha value is -1.75. The zero-order valence-electron chi connectivity index (χ0n) is 8.88. The minimum absolute atomic E-state index is 0.498. The summed E-state index contributed by atoms with van der Waals surface area (Å²) in [7, 11) is 0. The van der Waals surface area contributed by atoms with E-state index in [1.54, 1.807) is 0 Å². The maximum atomic E-state index is 9.11. The van der Waals surface area contributed by atoms with Crippen molar-refractivity contribution in [2.24, 2.45) is 0 Å². The minimum atomic E-state index is 0.498. The molecule has 0 amide bonds. The molecule has 0 saturated carbocycles. The molecule has 0 fully saturated rings. The molecule has 1 aromatic carbocycles. The molecule has 0 saturated heterocycles. The van der Waals surface area contributed by atoms with Crippen LogP contribution in [-0.2, 0) is 0 Å². The van der Waals surface area contributed by atoms with Crippen molar-refractivity contribution in [1.29, 1.82) is 5.26 Å². The number of benzene rings is 1. The van der Waals surface area contributed by atoms with Gasteiger partial charge in [0.25, 0.3) is 0 Å². The lowest BCUT2D eigenvalue weighted by Gasteiger charge is -2.25. The third kappa shape index (κ3) is 1.41. The molecule has 2 nitrogen and oxygen atoms in total. The molecule has 2 N–H and O–H groups in total. The lowest BCUT2D eigenvalue weighted by molar-refractivity contribution is 0.675. The summed E-state index contributed by atoms with van der Waals surface area (Å²) in [6, 6.07) is 6.04. The fourth-order valence-corrected chi connectivity index (χ4v) is 2.22. The number of nitriles is 1. The standard InChI is InChI=1S/C13H14N2/c1-8-3-4-9(2)13-10(8)5-6-12(15)11(13)7-14/h5-6,8H,2-4,15H2,1H3. The first-order valence-electron chi connectivity index (χ1n) is 5.15. The third-order valence-electron chi connectivity index (χ3n) is 3.15. The van der Waals surface area contributed by atoms with Crippen LogP contribution >= 0.6 is 0 Å². The van der Waals surface area contributed by atoms with Gasteiger partial charge in [0.2, 0.25) is 0 Å². The summed E-state index contributed by atoms with van der Waals surface area (Å²) in [5.41, 5.74) is 10.2. The van der Waals surface area contributed by atoms with Crippen molar-refractivity contribution in [2.75, 3.05) is 5.73 Å². The van der Waals surface area contributed by atoms with Gasteiger partial charge in [-0.15, -0.1) is 0 Å². The third-order valence-corrected chi connectivity index (χ3v) is 3.15. The molecule has 1 aromatic rings. The van der Waals surface area contributed by atoms with Crippen LogP contribution in [0.5, 0.6) is 0 Å². The van der Waals surface area contributed by atoms with E-state index in [1.165, 1.54) is 5.56 Å². The smallest absolute Gasteiger partial charge is 0.102 e. The van der Waals surface area contributed by atoms with E-state index in [-0.39, 0.29) is 0 Å². The number of nitrogens with zero attached hydrogens (tertiary/aromatic N) is 1. The van der Waals surface area contributed by atoms with E-state index in [0.717, 1.165) is 24.0 Å². The van der Waals surface area contributed by atoms with Crippen molar-refractivity contribution in [3.63, 3.8) is 0 Å². The zero-order valence-corrected chi connectivity index (χ0v) is 8.88. The number of fused-ring (bicyclic) bond motifs is 1. The first-order valence-corrected chi connectivity index (χ1v) is 5.15. The fourth-order valence-electron chi connectivity index (χ4n) is 2.22. The number of rotatable bonds is 0. The molecule has 76 valence electrons. The monoisotopic (exact) mass is 198 g/mol. The second kappa shape index (κ2) is 3.43. The molecular weight excluding hydrogens is 184 g/mol.